The molecule has 7 heteroatoms. The molecule has 7 nitrogen and oxygen atoms in total. The Morgan fingerprint density at radius 1 is 1.04 bits per heavy atom. The van der Waals surface area contributed by atoms with Gasteiger partial charge in [0.1, 0.15) is 5.75 Å². The van der Waals surface area contributed by atoms with Gasteiger partial charge in [-0.05, 0) is 49.9 Å². The predicted molar refractivity (Wildman–Crippen MR) is 108 cm³/mol. The fraction of sp³-hybridized carbons (Fsp3) is 0.571. The number of carboxylic acid groups (broad SMARTS) is 1. The van der Waals surface area contributed by atoms with Crippen molar-refractivity contribution in [1.82, 2.24) is 10.6 Å². The lowest BCUT2D eigenvalue weighted by molar-refractivity contribution is -0.137. The van der Waals surface area contributed by atoms with E-state index in [0.717, 1.165) is 19.3 Å². The molecule has 0 radical (unpaired) electrons. The summed E-state index contributed by atoms with van der Waals surface area (Å²) in [5.74, 6) is -0.361. The maximum atomic E-state index is 12.1. The molecule has 0 aromatic heterocycles. The van der Waals surface area contributed by atoms with E-state index in [2.05, 4.69) is 17.6 Å². The molecular weight excluding hydrogens is 360 g/mol. The zero-order chi connectivity index (χ0) is 20.8. The van der Waals surface area contributed by atoms with Crippen LogP contribution in [0.5, 0.6) is 5.75 Å². The third kappa shape index (κ3) is 9.94. The van der Waals surface area contributed by atoms with Crippen molar-refractivity contribution < 1.29 is 24.2 Å². The Kier molecular flexibility index (Phi) is 11.4. The molecule has 0 saturated heterocycles. The Labute approximate surface area is 166 Å². The fourth-order valence-corrected chi connectivity index (χ4v) is 2.79. The first kappa shape index (κ1) is 23.5. The number of methoxy groups -OCH3 is 1. The molecule has 156 valence electrons. The molecule has 2 amide bonds. The number of carbonyl (C=O) groups excluding carboxylic acids is 2. The van der Waals surface area contributed by atoms with E-state index in [1.807, 2.05) is 0 Å². The Hall–Kier alpha value is -2.57. The van der Waals surface area contributed by atoms with Crippen molar-refractivity contribution in [3.05, 3.63) is 29.8 Å². The van der Waals surface area contributed by atoms with Gasteiger partial charge < -0.3 is 20.5 Å². The molecule has 0 heterocycles. The number of carbonyl (C=O) groups is 3. The van der Waals surface area contributed by atoms with Gasteiger partial charge in [0, 0.05) is 31.0 Å². The van der Waals surface area contributed by atoms with E-state index in [1.54, 1.807) is 31.4 Å². The summed E-state index contributed by atoms with van der Waals surface area (Å²) in [4.78, 5) is 34.9. The summed E-state index contributed by atoms with van der Waals surface area (Å²) in [6, 6.07) is 6.79. The summed E-state index contributed by atoms with van der Waals surface area (Å²) in [5, 5.41) is 14.6. The average molecular weight is 392 g/mol. The number of ether oxygens (including phenoxy) is 1. The number of amides is 2. The van der Waals surface area contributed by atoms with Crippen LogP contribution in [-0.4, -0.2) is 42.6 Å². The van der Waals surface area contributed by atoms with Crippen molar-refractivity contribution in [2.24, 2.45) is 0 Å². The summed E-state index contributed by atoms with van der Waals surface area (Å²) in [5.41, 5.74) is 0.565. The van der Waals surface area contributed by atoms with Gasteiger partial charge in [-0.3, -0.25) is 14.4 Å². The second-order valence-electron chi connectivity index (χ2n) is 6.78. The maximum absolute atomic E-state index is 12.1. The third-order valence-corrected chi connectivity index (χ3v) is 4.45. The van der Waals surface area contributed by atoms with Crippen LogP contribution in [0.4, 0.5) is 0 Å². The summed E-state index contributed by atoms with van der Waals surface area (Å²) >= 11 is 0. The second kappa shape index (κ2) is 13.6. The van der Waals surface area contributed by atoms with Crippen LogP contribution in [0.15, 0.2) is 24.3 Å². The first-order chi connectivity index (χ1) is 13.5. The molecule has 0 aliphatic carbocycles. The number of hydrogen-bond donors (Lipinski definition) is 3. The lowest BCUT2D eigenvalue weighted by Crippen LogP contribution is -2.35. The van der Waals surface area contributed by atoms with Crippen LogP contribution < -0.4 is 15.4 Å². The highest BCUT2D eigenvalue weighted by Crippen LogP contribution is 2.11. The zero-order valence-electron chi connectivity index (χ0n) is 16.8. The van der Waals surface area contributed by atoms with Gasteiger partial charge in [-0.1, -0.05) is 19.8 Å². The van der Waals surface area contributed by atoms with E-state index in [1.165, 1.54) is 0 Å². The average Bonchev–Trinajstić information content (AvgIpc) is 2.69. The smallest absolute Gasteiger partial charge is 0.303 e. The number of rotatable bonds is 14. The topological polar surface area (TPSA) is 105 Å². The summed E-state index contributed by atoms with van der Waals surface area (Å²) < 4.78 is 5.06. The van der Waals surface area contributed by atoms with Crippen LogP contribution in [0.25, 0.3) is 0 Å². The number of benzene rings is 1. The minimum absolute atomic E-state index is 0.0616. The molecule has 0 saturated carbocycles. The Bertz CT molecular complexity index is 616. The lowest BCUT2D eigenvalue weighted by atomic mass is 10.0. The van der Waals surface area contributed by atoms with E-state index < -0.39 is 5.97 Å². The SMILES string of the molecule is CCCC[C@H](CCC(=O)O)NC(=O)CCCCNC(=O)c1ccc(OC)cc1. The molecule has 1 aromatic carbocycles. The van der Waals surface area contributed by atoms with Crippen LogP contribution in [0.1, 0.15) is 68.6 Å². The quantitative estimate of drug-likeness (QED) is 0.422. The van der Waals surface area contributed by atoms with E-state index >= 15 is 0 Å². The van der Waals surface area contributed by atoms with Gasteiger partial charge in [-0.25, -0.2) is 0 Å². The number of hydrogen-bond acceptors (Lipinski definition) is 4. The molecule has 0 aliphatic heterocycles. The molecule has 0 unspecified atom stereocenters. The predicted octanol–water partition coefficient (Wildman–Crippen LogP) is 3.14. The van der Waals surface area contributed by atoms with Gasteiger partial charge in [0.25, 0.3) is 5.91 Å². The van der Waals surface area contributed by atoms with Gasteiger partial charge in [0.2, 0.25) is 5.91 Å². The second-order valence-corrected chi connectivity index (χ2v) is 6.78. The van der Waals surface area contributed by atoms with Crippen molar-refractivity contribution in [1.29, 1.82) is 0 Å². The van der Waals surface area contributed by atoms with Gasteiger partial charge >= 0.3 is 5.97 Å². The number of nitrogens with one attached hydrogen (secondary N) is 2. The molecule has 1 aromatic rings. The van der Waals surface area contributed by atoms with Crippen molar-refractivity contribution in [2.75, 3.05) is 13.7 Å². The first-order valence-electron chi connectivity index (χ1n) is 9.89. The lowest BCUT2D eigenvalue weighted by Gasteiger charge is -2.17. The standard InChI is InChI=1S/C21H32N2O5/c1-3-4-7-17(11-14-20(25)26)23-19(24)8-5-6-15-22-21(27)16-9-12-18(28-2)13-10-16/h9-10,12-13,17H,3-8,11,14-15H2,1-2H3,(H,22,27)(H,23,24)(H,25,26)/t17-/m1/s1. The van der Waals surface area contributed by atoms with Crippen molar-refractivity contribution in [3.8, 4) is 5.75 Å². The molecule has 1 atom stereocenters. The maximum Gasteiger partial charge on any atom is 0.303 e. The normalized spacial score (nSPS) is 11.5. The van der Waals surface area contributed by atoms with Crippen LogP contribution >= 0.6 is 0 Å². The monoisotopic (exact) mass is 392 g/mol. The largest absolute Gasteiger partial charge is 0.497 e. The van der Waals surface area contributed by atoms with Crippen LogP contribution in [0.3, 0.4) is 0 Å². The highest BCUT2D eigenvalue weighted by molar-refractivity contribution is 5.94. The molecule has 0 fully saturated rings. The van der Waals surface area contributed by atoms with Crippen molar-refractivity contribution in [3.63, 3.8) is 0 Å². The summed E-state index contributed by atoms with van der Waals surface area (Å²) in [6.07, 6.45) is 5.01. The van der Waals surface area contributed by atoms with Crippen LogP contribution in [0, 0.1) is 0 Å². The van der Waals surface area contributed by atoms with Gasteiger partial charge in [0.05, 0.1) is 7.11 Å². The molecule has 1 rings (SSSR count). The van der Waals surface area contributed by atoms with Crippen LogP contribution in [0.2, 0.25) is 0 Å². The van der Waals surface area contributed by atoms with E-state index in [4.69, 9.17) is 9.84 Å². The fourth-order valence-electron chi connectivity index (χ4n) is 2.79. The number of aliphatic carboxylic acids is 1. The molecule has 28 heavy (non-hydrogen) atoms. The van der Waals surface area contributed by atoms with Crippen LogP contribution in [-0.2, 0) is 9.59 Å². The van der Waals surface area contributed by atoms with E-state index in [-0.39, 0.29) is 24.3 Å². The van der Waals surface area contributed by atoms with Gasteiger partial charge in [-0.2, -0.15) is 0 Å². The minimum atomic E-state index is -0.844. The first-order valence-corrected chi connectivity index (χ1v) is 9.89. The molecule has 0 aliphatic rings. The number of carboxylic acids is 1. The molecular formula is C21H32N2O5. The summed E-state index contributed by atoms with van der Waals surface area (Å²) in [7, 11) is 1.57. The van der Waals surface area contributed by atoms with Gasteiger partial charge in [-0.15, -0.1) is 0 Å². The Morgan fingerprint density at radius 2 is 1.75 bits per heavy atom. The van der Waals surface area contributed by atoms with Gasteiger partial charge in [0.15, 0.2) is 0 Å². The molecule has 3 N–H and O–H groups in total. The van der Waals surface area contributed by atoms with E-state index in [0.29, 0.717) is 43.5 Å². The highest BCUT2D eigenvalue weighted by Gasteiger charge is 2.13. The zero-order valence-corrected chi connectivity index (χ0v) is 16.8. The minimum Gasteiger partial charge on any atom is -0.497 e. The summed E-state index contributed by atoms with van der Waals surface area (Å²) in [6.45, 7) is 2.56. The van der Waals surface area contributed by atoms with Crippen molar-refractivity contribution >= 4 is 17.8 Å². The Morgan fingerprint density at radius 3 is 2.36 bits per heavy atom. The molecule has 0 spiro atoms. The Balaban J connectivity index is 2.24. The highest BCUT2D eigenvalue weighted by atomic mass is 16.5. The third-order valence-electron chi connectivity index (χ3n) is 4.45. The number of unbranched alkanes of at least 4 members (excludes halogenated alkanes) is 2. The van der Waals surface area contributed by atoms with E-state index in [9.17, 15) is 14.4 Å². The van der Waals surface area contributed by atoms with Crippen molar-refractivity contribution in [2.45, 2.75) is 64.3 Å². The molecule has 0 bridgehead atoms.